The highest BCUT2D eigenvalue weighted by Crippen LogP contribution is 2.23. The van der Waals surface area contributed by atoms with Crippen LogP contribution in [0.5, 0.6) is 5.75 Å². The van der Waals surface area contributed by atoms with Crippen LogP contribution in [0.1, 0.15) is 11.1 Å². The van der Waals surface area contributed by atoms with E-state index in [1.165, 1.54) is 12.1 Å². The van der Waals surface area contributed by atoms with Gasteiger partial charge in [-0.3, -0.25) is 9.88 Å². The van der Waals surface area contributed by atoms with Gasteiger partial charge in [-0.2, -0.15) is 0 Å². The Bertz CT molecular complexity index is 555. The number of hydrogen-bond acceptors (Lipinski definition) is 3. The normalized spacial score (nSPS) is 11.7. The summed E-state index contributed by atoms with van der Waals surface area (Å²) in [6.07, 6.45) is -1.20. The molecular weight excluding hydrogens is 281 g/mol. The highest BCUT2D eigenvalue weighted by Gasteiger charge is 2.30. The molecule has 112 valence electrons. The standard InChI is InChI=1S/C15H15F3N2O/c1-20(11-13-6-8-19-9-7-13)10-12-2-4-14(5-3-12)21-15(16,17)18/h2-9H,10-11H2,1H3. The molecule has 2 rings (SSSR count). The molecule has 0 radical (unpaired) electrons. The Morgan fingerprint density at radius 3 is 2.00 bits per heavy atom. The molecule has 0 aliphatic rings. The van der Waals surface area contributed by atoms with Crippen molar-refractivity contribution < 1.29 is 17.9 Å². The fourth-order valence-electron chi connectivity index (χ4n) is 1.96. The number of hydrogen-bond donors (Lipinski definition) is 0. The molecule has 0 atom stereocenters. The average molecular weight is 296 g/mol. The van der Waals surface area contributed by atoms with Crippen molar-refractivity contribution in [2.45, 2.75) is 19.5 Å². The maximum atomic E-state index is 12.1. The molecule has 6 heteroatoms. The molecule has 0 amide bonds. The van der Waals surface area contributed by atoms with Crippen molar-refractivity contribution in [2.75, 3.05) is 7.05 Å². The molecule has 0 unspecified atom stereocenters. The van der Waals surface area contributed by atoms with Crippen molar-refractivity contribution >= 4 is 0 Å². The fraction of sp³-hybridized carbons (Fsp3) is 0.267. The third-order valence-corrected chi connectivity index (χ3v) is 2.81. The summed E-state index contributed by atoms with van der Waals surface area (Å²) in [5, 5.41) is 0. The molecule has 0 bridgehead atoms. The largest absolute Gasteiger partial charge is 0.573 e. The van der Waals surface area contributed by atoms with Gasteiger partial charge in [-0.15, -0.1) is 13.2 Å². The molecule has 0 aliphatic carbocycles. The predicted molar refractivity (Wildman–Crippen MR) is 72.5 cm³/mol. The van der Waals surface area contributed by atoms with Crippen molar-refractivity contribution in [2.24, 2.45) is 0 Å². The summed E-state index contributed by atoms with van der Waals surface area (Å²) in [6.45, 7) is 1.37. The van der Waals surface area contributed by atoms with Crippen molar-refractivity contribution in [3.05, 3.63) is 59.9 Å². The minimum Gasteiger partial charge on any atom is -0.406 e. The number of pyridine rings is 1. The van der Waals surface area contributed by atoms with Crippen LogP contribution in [0.2, 0.25) is 0 Å². The number of rotatable bonds is 5. The van der Waals surface area contributed by atoms with E-state index in [1.807, 2.05) is 19.2 Å². The smallest absolute Gasteiger partial charge is 0.406 e. The molecule has 3 nitrogen and oxygen atoms in total. The lowest BCUT2D eigenvalue weighted by Gasteiger charge is -2.17. The highest BCUT2D eigenvalue weighted by molar-refractivity contribution is 5.27. The molecule has 0 saturated carbocycles. The topological polar surface area (TPSA) is 25.4 Å². The number of nitrogens with zero attached hydrogens (tertiary/aromatic N) is 2. The average Bonchev–Trinajstić information content (AvgIpc) is 2.40. The minimum absolute atomic E-state index is 0.206. The molecule has 0 fully saturated rings. The molecule has 2 aromatic rings. The molecule has 0 aliphatic heterocycles. The first kappa shape index (κ1) is 15.3. The van der Waals surface area contributed by atoms with Crippen LogP contribution in [0, 0.1) is 0 Å². The lowest BCUT2D eigenvalue weighted by atomic mass is 10.2. The molecule has 21 heavy (non-hydrogen) atoms. The second-order valence-electron chi connectivity index (χ2n) is 4.72. The number of aromatic nitrogens is 1. The van der Waals surface area contributed by atoms with Crippen molar-refractivity contribution in [3.8, 4) is 5.75 Å². The third-order valence-electron chi connectivity index (χ3n) is 2.81. The molecule has 0 saturated heterocycles. The van der Waals surface area contributed by atoms with Crippen molar-refractivity contribution in [1.29, 1.82) is 0 Å². The highest BCUT2D eigenvalue weighted by atomic mass is 19.4. The number of alkyl halides is 3. The van der Waals surface area contributed by atoms with Gasteiger partial charge in [-0.25, -0.2) is 0 Å². The SMILES string of the molecule is CN(Cc1ccncc1)Cc1ccc(OC(F)(F)F)cc1. The van der Waals surface area contributed by atoms with Gasteiger partial charge in [0.05, 0.1) is 0 Å². The van der Waals surface area contributed by atoms with Crippen LogP contribution in [-0.4, -0.2) is 23.3 Å². The summed E-state index contributed by atoms with van der Waals surface area (Å²) >= 11 is 0. The zero-order chi connectivity index (χ0) is 15.3. The first-order chi connectivity index (χ1) is 9.92. The van der Waals surface area contributed by atoms with E-state index < -0.39 is 6.36 Å². The van der Waals surface area contributed by atoms with Gasteiger partial charge in [-0.1, -0.05) is 12.1 Å². The first-order valence-electron chi connectivity index (χ1n) is 6.34. The maximum absolute atomic E-state index is 12.1. The van der Waals surface area contributed by atoms with Gasteiger partial charge in [0.1, 0.15) is 5.75 Å². The summed E-state index contributed by atoms with van der Waals surface area (Å²) in [6, 6.07) is 9.76. The van der Waals surface area contributed by atoms with Gasteiger partial charge < -0.3 is 4.74 Å². The lowest BCUT2D eigenvalue weighted by molar-refractivity contribution is -0.274. The number of halogens is 3. The zero-order valence-electron chi connectivity index (χ0n) is 11.5. The summed E-state index contributed by atoms with van der Waals surface area (Å²) in [5.74, 6) is -0.206. The quantitative estimate of drug-likeness (QED) is 0.842. The molecular formula is C15H15F3N2O. The van der Waals surface area contributed by atoms with E-state index in [9.17, 15) is 13.2 Å². The summed E-state index contributed by atoms with van der Waals surface area (Å²) in [5.41, 5.74) is 2.05. The molecule has 0 spiro atoms. The van der Waals surface area contributed by atoms with Crippen LogP contribution < -0.4 is 4.74 Å². The Kier molecular flexibility index (Phi) is 4.80. The Hall–Kier alpha value is -2.08. The third kappa shape index (κ3) is 5.43. The van der Waals surface area contributed by atoms with Crippen LogP contribution in [0.15, 0.2) is 48.8 Å². The van der Waals surface area contributed by atoms with Gasteiger partial charge in [0.2, 0.25) is 0 Å². The number of ether oxygens (including phenoxy) is 1. The van der Waals surface area contributed by atoms with E-state index in [0.29, 0.717) is 6.54 Å². The van der Waals surface area contributed by atoms with Gasteiger partial charge >= 0.3 is 6.36 Å². The van der Waals surface area contributed by atoms with E-state index in [0.717, 1.165) is 17.7 Å². The monoisotopic (exact) mass is 296 g/mol. The Morgan fingerprint density at radius 1 is 0.952 bits per heavy atom. The second kappa shape index (κ2) is 6.58. The van der Waals surface area contributed by atoms with Crippen LogP contribution >= 0.6 is 0 Å². The van der Waals surface area contributed by atoms with Crippen LogP contribution in [-0.2, 0) is 13.1 Å². The predicted octanol–water partition coefficient (Wildman–Crippen LogP) is 3.61. The van der Waals surface area contributed by atoms with E-state index in [-0.39, 0.29) is 5.75 Å². The fourth-order valence-corrected chi connectivity index (χ4v) is 1.96. The van der Waals surface area contributed by atoms with Gasteiger partial charge in [-0.05, 0) is 42.4 Å². The van der Waals surface area contributed by atoms with Gasteiger partial charge in [0.15, 0.2) is 0 Å². The van der Waals surface area contributed by atoms with E-state index in [1.54, 1.807) is 24.5 Å². The Balaban J connectivity index is 1.91. The second-order valence-corrected chi connectivity index (χ2v) is 4.72. The van der Waals surface area contributed by atoms with Gasteiger partial charge in [0.25, 0.3) is 0 Å². The van der Waals surface area contributed by atoms with Crippen LogP contribution in [0.25, 0.3) is 0 Å². The van der Waals surface area contributed by atoms with E-state index in [2.05, 4.69) is 14.6 Å². The molecule has 1 aromatic carbocycles. The summed E-state index contributed by atoms with van der Waals surface area (Å²) in [4.78, 5) is 6.02. The molecule has 0 N–H and O–H groups in total. The van der Waals surface area contributed by atoms with Crippen molar-refractivity contribution in [3.63, 3.8) is 0 Å². The van der Waals surface area contributed by atoms with Crippen LogP contribution in [0.3, 0.4) is 0 Å². The lowest BCUT2D eigenvalue weighted by Crippen LogP contribution is -2.18. The molecule has 1 aromatic heterocycles. The number of benzene rings is 1. The van der Waals surface area contributed by atoms with Crippen molar-refractivity contribution in [1.82, 2.24) is 9.88 Å². The summed E-state index contributed by atoms with van der Waals surface area (Å²) < 4.78 is 40.0. The maximum Gasteiger partial charge on any atom is 0.573 e. The van der Waals surface area contributed by atoms with Gasteiger partial charge in [0, 0.05) is 25.5 Å². The zero-order valence-corrected chi connectivity index (χ0v) is 11.5. The van der Waals surface area contributed by atoms with E-state index >= 15 is 0 Å². The summed E-state index contributed by atoms with van der Waals surface area (Å²) in [7, 11) is 1.94. The van der Waals surface area contributed by atoms with E-state index in [4.69, 9.17) is 0 Å². The van der Waals surface area contributed by atoms with Crippen LogP contribution in [0.4, 0.5) is 13.2 Å². The Labute approximate surface area is 121 Å². The molecule has 1 heterocycles. The minimum atomic E-state index is -4.65. The Morgan fingerprint density at radius 2 is 1.48 bits per heavy atom. The first-order valence-corrected chi connectivity index (χ1v) is 6.34.